The van der Waals surface area contributed by atoms with Crippen LogP contribution in [0.1, 0.15) is 54.6 Å². The normalized spacial score (nSPS) is 18.4. The molecule has 2 N–H and O–H groups in total. The van der Waals surface area contributed by atoms with Crippen molar-refractivity contribution in [3.63, 3.8) is 0 Å². The third-order valence-electron chi connectivity index (χ3n) is 5.88. The number of amides is 1. The van der Waals surface area contributed by atoms with E-state index in [2.05, 4.69) is 15.2 Å². The van der Waals surface area contributed by atoms with E-state index in [4.69, 9.17) is 23.2 Å². The van der Waals surface area contributed by atoms with E-state index in [-0.39, 0.29) is 18.1 Å². The molecule has 1 amide bonds. The fraction of sp³-hybridized carbons (Fsp3) is 0.524. The van der Waals surface area contributed by atoms with E-state index in [0.29, 0.717) is 34.4 Å². The molecule has 0 aliphatic carbocycles. The zero-order chi connectivity index (χ0) is 23.4. The number of carbonyl (C=O) groups excluding carboxylic acids is 1. The molecule has 9 nitrogen and oxygen atoms in total. The Morgan fingerprint density at radius 2 is 1.67 bits per heavy atom. The third kappa shape index (κ3) is 6.06. The van der Waals surface area contributed by atoms with Crippen molar-refractivity contribution < 1.29 is 13.2 Å². The topological polar surface area (TPSA) is 99.6 Å². The smallest absolute Gasteiger partial charge is 0.283 e. The second-order valence-corrected chi connectivity index (χ2v) is 10.9. The van der Waals surface area contributed by atoms with E-state index in [1.165, 1.54) is 8.99 Å². The Bertz CT molecular complexity index is 1100. The summed E-state index contributed by atoms with van der Waals surface area (Å²) in [7, 11) is -3.66. The summed E-state index contributed by atoms with van der Waals surface area (Å²) in [5.41, 5.74) is 4.04. The molecule has 2 aliphatic heterocycles. The standard InChI is InChI=1S/C21H28Cl2N6O3S/c22-17-7-8-19(18(23)13-17)29-15-16(14-24-33(31,32)28-11-5-2-6-12-28)20(25-29)21(30)26-27-9-3-1-4-10-27/h7-8,13,15,24H,1-6,9-12,14H2,(H,26,30). The molecule has 1 aromatic heterocycles. The van der Waals surface area contributed by atoms with Gasteiger partial charge in [-0.15, -0.1) is 0 Å². The molecule has 0 spiro atoms. The highest BCUT2D eigenvalue weighted by Gasteiger charge is 2.26. The molecule has 2 saturated heterocycles. The second kappa shape index (κ2) is 10.7. The number of rotatable bonds is 7. The third-order valence-corrected chi connectivity index (χ3v) is 7.97. The van der Waals surface area contributed by atoms with Crippen molar-refractivity contribution in [3.8, 4) is 5.69 Å². The van der Waals surface area contributed by atoms with Crippen LogP contribution in [0, 0.1) is 0 Å². The van der Waals surface area contributed by atoms with Crippen molar-refractivity contribution in [3.05, 3.63) is 45.7 Å². The first-order chi connectivity index (χ1) is 15.8. The average molecular weight is 515 g/mol. The van der Waals surface area contributed by atoms with Crippen LogP contribution >= 0.6 is 23.2 Å². The lowest BCUT2D eigenvalue weighted by Crippen LogP contribution is -2.45. The zero-order valence-electron chi connectivity index (χ0n) is 18.3. The van der Waals surface area contributed by atoms with Gasteiger partial charge in [-0.25, -0.2) is 9.69 Å². The van der Waals surface area contributed by atoms with E-state index in [0.717, 1.165) is 51.6 Å². The van der Waals surface area contributed by atoms with Gasteiger partial charge in [-0.2, -0.15) is 22.5 Å². The number of halogens is 2. The number of carbonyl (C=O) groups is 1. The Hall–Kier alpha value is -1.69. The molecule has 0 saturated carbocycles. The van der Waals surface area contributed by atoms with Crippen LogP contribution in [0.25, 0.3) is 5.69 Å². The summed E-state index contributed by atoms with van der Waals surface area (Å²) >= 11 is 12.3. The molecule has 0 unspecified atom stereocenters. The average Bonchev–Trinajstić information content (AvgIpc) is 3.23. The van der Waals surface area contributed by atoms with Crippen LogP contribution < -0.4 is 10.1 Å². The first-order valence-electron chi connectivity index (χ1n) is 11.2. The minimum atomic E-state index is -3.66. The molecule has 180 valence electrons. The van der Waals surface area contributed by atoms with Crippen molar-refractivity contribution in [1.82, 2.24) is 29.2 Å². The predicted octanol–water partition coefficient (Wildman–Crippen LogP) is 3.13. The highest BCUT2D eigenvalue weighted by molar-refractivity contribution is 7.87. The maximum atomic E-state index is 13.1. The summed E-state index contributed by atoms with van der Waals surface area (Å²) in [6.07, 6.45) is 7.50. The number of hydrogen-bond donors (Lipinski definition) is 2. The van der Waals surface area contributed by atoms with Gasteiger partial charge in [0, 0.05) is 49.5 Å². The molecular formula is C21H28Cl2N6O3S. The van der Waals surface area contributed by atoms with Crippen LogP contribution in [0.4, 0.5) is 0 Å². The van der Waals surface area contributed by atoms with Gasteiger partial charge in [0.2, 0.25) is 0 Å². The van der Waals surface area contributed by atoms with Crippen LogP contribution in [0.3, 0.4) is 0 Å². The number of nitrogens with zero attached hydrogens (tertiary/aromatic N) is 4. The number of benzene rings is 1. The molecule has 4 rings (SSSR count). The van der Waals surface area contributed by atoms with Crippen molar-refractivity contribution in [2.75, 3.05) is 26.2 Å². The van der Waals surface area contributed by atoms with Crippen molar-refractivity contribution >= 4 is 39.3 Å². The lowest BCUT2D eigenvalue weighted by molar-refractivity contribution is 0.0743. The molecule has 0 bridgehead atoms. The van der Waals surface area contributed by atoms with E-state index in [1.807, 2.05) is 5.01 Å². The molecule has 0 radical (unpaired) electrons. The van der Waals surface area contributed by atoms with Crippen molar-refractivity contribution in [2.45, 2.75) is 45.1 Å². The van der Waals surface area contributed by atoms with Gasteiger partial charge < -0.3 is 0 Å². The maximum Gasteiger partial charge on any atom is 0.286 e. The lowest BCUT2D eigenvalue weighted by atomic mass is 10.2. The lowest BCUT2D eigenvalue weighted by Gasteiger charge is -2.27. The summed E-state index contributed by atoms with van der Waals surface area (Å²) in [5, 5.41) is 7.18. The number of nitrogens with one attached hydrogen (secondary N) is 2. The van der Waals surface area contributed by atoms with E-state index in [9.17, 15) is 13.2 Å². The Labute approximate surface area is 204 Å². The van der Waals surface area contributed by atoms with Crippen molar-refractivity contribution in [2.24, 2.45) is 0 Å². The fourth-order valence-electron chi connectivity index (χ4n) is 4.09. The Morgan fingerprint density at radius 3 is 2.33 bits per heavy atom. The SMILES string of the molecule is O=C(NN1CCCCC1)c1nn(-c2ccc(Cl)cc2Cl)cc1CNS(=O)(=O)N1CCCCC1. The maximum absolute atomic E-state index is 13.1. The zero-order valence-corrected chi connectivity index (χ0v) is 20.6. The van der Waals surface area contributed by atoms with Gasteiger partial charge in [-0.1, -0.05) is 36.0 Å². The molecule has 0 atom stereocenters. The molecule has 2 fully saturated rings. The van der Waals surface area contributed by atoms with Gasteiger partial charge in [0.15, 0.2) is 5.69 Å². The van der Waals surface area contributed by atoms with E-state index >= 15 is 0 Å². The second-order valence-electron chi connectivity index (χ2n) is 8.32. The highest BCUT2D eigenvalue weighted by atomic mass is 35.5. The van der Waals surface area contributed by atoms with Crippen LogP contribution in [0.5, 0.6) is 0 Å². The first-order valence-corrected chi connectivity index (χ1v) is 13.4. The molecule has 3 heterocycles. The van der Waals surface area contributed by atoms with Gasteiger partial charge in [0.25, 0.3) is 16.1 Å². The number of hydrazine groups is 1. The summed E-state index contributed by atoms with van der Waals surface area (Å²) in [4.78, 5) is 13.1. The molecule has 12 heteroatoms. The molecular weight excluding hydrogens is 487 g/mol. The predicted molar refractivity (Wildman–Crippen MR) is 128 cm³/mol. The van der Waals surface area contributed by atoms with Crippen molar-refractivity contribution in [1.29, 1.82) is 0 Å². The molecule has 33 heavy (non-hydrogen) atoms. The quantitative estimate of drug-likeness (QED) is 0.591. The van der Waals surface area contributed by atoms with Crippen LogP contribution in [0.2, 0.25) is 10.0 Å². The Morgan fingerprint density at radius 1 is 1.00 bits per heavy atom. The van der Waals surface area contributed by atoms with Gasteiger partial charge in [0.1, 0.15) is 0 Å². The van der Waals surface area contributed by atoms with Gasteiger partial charge in [-0.05, 0) is 43.9 Å². The summed E-state index contributed by atoms with van der Waals surface area (Å²) < 4.78 is 31.1. The summed E-state index contributed by atoms with van der Waals surface area (Å²) in [6, 6.07) is 4.97. The van der Waals surface area contributed by atoms with Gasteiger partial charge in [0.05, 0.1) is 10.7 Å². The number of hydrogen-bond acceptors (Lipinski definition) is 5. The minimum Gasteiger partial charge on any atom is -0.283 e. The summed E-state index contributed by atoms with van der Waals surface area (Å²) in [6.45, 7) is 2.47. The number of aromatic nitrogens is 2. The number of piperidine rings is 2. The first kappa shape index (κ1) is 24.4. The summed E-state index contributed by atoms with van der Waals surface area (Å²) in [5.74, 6) is -0.382. The fourth-order valence-corrected chi connectivity index (χ4v) is 5.84. The van der Waals surface area contributed by atoms with E-state index in [1.54, 1.807) is 24.4 Å². The van der Waals surface area contributed by atoms with Gasteiger partial charge in [-0.3, -0.25) is 10.2 Å². The van der Waals surface area contributed by atoms with Gasteiger partial charge >= 0.3 is 0 Å². The van der Waals surface area contributed by atoms with E-state index < -0.39 is 10.2 Å². The molecule has 1 aromatic carbocycles. The largest absolute Gasteiger partial charge is 0.286 e. The Kier molecular flexibility index (Phi) is 7.93. The van der Waals surface area contributed by atoms with Crippen LogP contribution in [0.15, 0.2) is 24.4 Å². The van der Waals surface area contributed by atoms with Crippen LogP contribution in [-0.2, 0) is 16.8 Å². The minimum absolute atomic E-state index is 0.0627. The molecule has 2 aliphatic rings. The Balaban J connectivity index is 1.58. The molecule has 2 aromatic rings. The monoisotopic (exact) mass is 514 g/mol. The highest BCUT2D eigenvalue weighted by Crippen LogP contribution is 2.25. The van der Waals surface area contributed by atoms with Crippen LogP contribution in [-0.4, -0.2) is 59.6 Å².